The maximum absolute atomic E-state index is 6.07. The average molecular weight is 313 g/mol. The summed E-state index contributed by atoms with van der Waals surface area (Å²) in [6.45, 7) is 8.44. The number of nitrogens with one attached hydrogen (secondary N) is 2. The van der Waals surface area contributed by atoms with Crippen molar-refractivity contribution in [2.75, 3.05) is 30.3 Å². The zero-order valence-corrected chi connectivity index (χ0v) is 13.9. The summed E-state index contributed by atoms with van der Waals surface area (Å²) in [6, 6.07) is 8.05. The molecule has 1 aromatic carbocycles. The minimum absolute atomic E-state index is 0.642. The van der Waals surface area contributed by atoms with Gasteiger partial charge in [-0.25, -0.2) is 0 Å². The molecular weight excluding hydrogens is 290 g/mol. The number of hydrogen-bond donors (Lipinski definition) is 2. The fourth-order valence-corrected chi connectivity index (χ4v) is 2.75. The molecule has 3 rings (SSSR count). The molecule has 1 aromatic heterocycles. The van der Waals surface area contributed by atoms with E-state index in [1.807, 2.05) is 19.1 Å². The van der Waals surface area contributed by atoms with E-state index in [4.69, 9.17) is 9.47 Å². The predicted molar refractivity (Wildman–Crippen MR) is 93.1 cm³/mol. The minimum atomic E-state index is 0.642. The smallest absolute Gasteiger partial charge is 0.226 e. The molecule has 0 fully saturated rings. The van der Waals surface area contributed by atoms with Gasteiger partial charge in [0, 0.05) is 42.9 Å². The van der Waals surface area contributed by atoms with Crippen molar-refractivity contribution in [2.24, 2.45) is 0 Å². The molecule has 1 aliphatic heterocycles. The molecule has 2 N–H and O–H groups in total. The topological polar surface area (TPSA) is 55.4 Å². The standard InChI is InChI=1S/C18H23N3O2/c1-4-19-15-11-17(20-5-2)21-18-14(15)9-12-7-8-13(22-6-3)10-16(12)23-18/h7-8,10-11H,4-6,9H2,1-3H3,(H2,19,20,21). The second-order valence-electron chi connectivity index (χ2n) is 5.38. The molecule has 0 bridgehead atoms. The summed E-state index contributed by atoms with van der Waals surface area (Å²) >= 11 is 0. The molecule has 0 amide bonds. The van der Waals surface area contributed by atoms with Gasteiger partial charge in [-0.05, 0) is 32.4 Å². The number of fused-ring (bicyclic) bond motifs is 2. The molecular formula is C18H23N3O2. The molecule has 0 saturated carbocycles. The fourth-order valence-electron chi connectivity index (χ4n) is 2.75. The zero-order chi connectivity index (χ0) is 16.2. The number of benzene rings is 1. The zero-order valence-electron chi connectivity index (χ0n) is 13.9. The van der Waals surface area contributed by atoms with E-state index in [1.165, 1.54) is 0 Å². The van der Waals surface area contributed by atoms with Crippen molar-refractivity contribution in [1.29, 1.82) is 0 Å². The molecule has 1 aliphatic rings. The lowest BCUT2D eigenvalue weighted by Crippen LogP contribution is -2.11. The Morgan fingerprint density at radius 2 is 1.96 bits per heavy atom. The summed E-state index contributed by atoms with van der Waals surface area (Å²) in [7, 11) is 0. The Morgan fingerprint density at radius 1 is 1.13 bits per heavy atom. The molecule has 23 heavy (non-hydrogen) atoms. The molecule has 0 spiro atoms. The normalized spacial score (nSPS) is 12.0. The van der Waals surface area contributed by atoms with Crippen molar-refractivity contribution >= 4 is 11.5 Å². The van der Waals surface area contributed by atoms with Gasteiger partial charge in [0.05, 0.1) is 6.61 Å². The van der Waals surface area contributed by atoms with Crippen molar-refractivity contribution in [3.8, 4) is 17.4 Å². The maximum Gasteiger partial charge on any atom is 0.226 e. The summed E-state index contributed by atoms with van der Waals surface area (Å²) in [5, 5.41) is 6.67. The van der Waals surface area contributed by atoms with Crippen molar-refractivity contribution in [2.45, 2.75) is 27.2 Å². The highest BCUT2D eigenvalue weighted by Crippen LogP contribution is 2.41. The third kappa shape index (κ3) is 3.18. The van der Waals surface area contributed by atoms with E-state index in [-0.39, 0.29) is 0 Å². The van der Waals surface area contributed by atoms with Gasteiger partial charge in [-0.15, -0.1) is 0 Å². The van der Waals surface area contributed by atoms with E-state index in [2.05, 4.69) is 41.6 Å². The summed E-state index contributed by atoms with van der Waals surface area (Å²) in [5.41, 5.74) is 3.33. The number of anilines is 2. The van der Waals surface area contributed by atoms with Crippen molar-refractivity contribution in [3.63, 3.8) is 0 Å². The Hall–Kier alpha value is -2.43. The summed E-state index contributed by atoms with van der Waals surface area (Å²) < 4.78 is 11.6. The van der Waals surface area contributed by atoms with Gasteiger partial charge < -0.3 is 20.1 Å². The third-order valence-electron chi connectivity index (χ3n) is 3.73. The Balaban J connectivity index is 1.98. The molecule has 5 heteroatoms. The highest BCUT2D eigenvalue weighted by molar-refractivity contribution is 5.66. The van der Waals surface area contributed by atoms with Crippen LogP contribution in [0.5, 0.6) is 17.4 Å². The largest absolute Gasteiger partial charge is 0.494 e. The minimum Gasteiger partial charge on any atom is -0.494 e. The van der Waals surface area contributed by atoms with Gasteiger partial charge in [-0.1, -0.05) is 6.07 Å². The van der Waals surface area contributed by atoms with Crippen LogP contribution >= 0.6 is 0 Å². The fraction of sp³-hybridized carbons (Fsp3) is 0.389. The molecule has 2 aromatic rings. The Kier molecular flexibility index (Phi) is 4.55. The Labute approximate surface area is 137 Å². The average Bonchev–Trinajstić information content (AvgIpc) is 2.54. The van der Waals surface area contributed by atoms with Crippen LogP contribution in [-0.4, -0.2) is 24.7 Å². The van der Waals surface area contributed by atoms with Crippen molar-refractivity contribution < 1.29 is 9.47 Å². The van der Waals surface area contributed by atoms with E-state index in [1.54, 1.807) is 0 Å². The Morgan fingerprint density at radius 3 is 2.70 bits per heavy atom. The van der Waals surface area contributed by atoms with Crippen LogP contribution in [0, 0.1) is 0 Å². The second kappa shape index (κ2) is 6.77. The van der Waals surface area contributed by atoms with Gasteiger partial charge >= 0.3 is 0 Å². The molecule has 0 unspecified atom stereocenters. The number of aromatic nitrogens is 1. The van der Waals surface area contributed by atoms with Crippen molar-refractivity contribution in [1.82, 2.24) is 4.98 Å². The summed E-state index contributed by atoms with van der Waals surface area (Å²) in [6.07, 6.45) is 0.804. The van der Waals surface area contributed by atoms with E-state index in [9.17, 15) is 0 Å². The number of ether oxygens (including phenoxy) is 2. The quantitative estimate of drug-likeness (QED) is 0.719. The van der Waals surface area contributed by atoms with E-state index >= 15 is 0 Å². The third-order valence-corrected chi connectivity index (χ3v) is 3.73. The molecule has 2 heterocycles. The first-order chi connectivity index (χ1) is 11.2. The lowest BCUT2D eigenvalue weighted by atomic mass is 10.0. The first-order valence-electron chi connectivity index (χ1n) is 8.20. The lowest BCUT2D eigenvalue weighted by Gasteiger charge is -2.23. The highest BCUT2D eigenvalue weighted by Gasteiger charge is 2.22. The second-order valence-corrected chi connectivity index (χ2v) is 5.38. The number of hydrogen-bond acceptors (Lipinski definition) is 5. The van der Waals surface area contributed by atoms with Gasteiger partial charge in [0.2, 0.25) is 5.88 Å². The Bertz CT molecular complexity index is 701. The van der Waals surface area contributed by atoms with Crippen molar-refractivity contribution in [3.05, 3.63) is 35.4 Å². The summed E-state index contributed by atoms with van der Waals surface area (Å²) in [5.74, 6) is 3.14. The van der Waals surface area contributed by atoms with Gasteiger partial charge in [0.1, 0.15) is 17.3 Å². The molecule has 122 valence electrons. The molecule has 0 aliphatic carbocycles. The number of pyridine rings is 1. The van der Waals surface area contributed by atoms with Gasteiger partial charge in [-0.2, -0.15) is 4.98 Å². The van der Waals surface area contributed by atoms with Crippen LogP contribution in [-0.2, 0) is 6.42 Å². The molecule has 5 nitrogen and oxygen atoms in total. The SMILES string of the molecule is CCNc1cc(NCC)c2c(n1)Oc1cc(OCC)ccc1C2. The highest BCUT2D eigenvalue weighted by atomic mass is 16.5. The number of rotatable bonds is 6. The monoisotopic (exact) mass is 313 g/mol. The molecule has 0 radical (unpaired) electrons. The molecule has 0 saturated heterocycles. The lowest BCUT2D eigenvalue weighted by molar-refractivity contribution is 0.337. The van der Waals surface area contributed by atoms with E-state index < -0.39 is 0 Å². The summed E-state index contributed by atoms with van der Waals surface area (Å²) in [4.78, 5) is 4.61. The van der Waals surface area contributed by atoms with E-state index in [0.29, 0.717) is 12.5 Å². The van der Waals surface area contributed by atoms with Gasteiger partial charge in [0.25, 0.3) is 0 Å². The number of nitrogens with zero attached hydrogens (tertiary/aromatic N) is 1. The predicted octanol–water partition coefficient (Wildman–Crippen LogP) is 4.04. The molecule has 0 atom stereocenters. The van der Waals surface area contributed by atoms with Crippen LogP contribution < -0.4 is 20.1 Å². The van der Waals surface area contributed by atoms with Crippen LogP contribution in [0.3, 0.4) is 0 Å². The van der Waals surface area contributed by atoms with E-state index in [0.717, 1.165) is 53.6 Å². The first kappa shape index (κ1) is 15.5. The van der Waals surface area contributed by atoms with Crippen LogP contribution in [0.1, 0.15) is 31.9 Å². The van der Waals surface area contributed by atoms with Crippen LogP contribution in [0.25, 0.3) is 0 Å². The van der Waals surface area contributed by atoms with Crippen LogP contribution in [0.4, 0.5) is 11.5 Å². The van der Waals surface area contributed by atoms with Crippen LogP contribution in [0.2, 0.25) is 0 Å². The maximum atomic E-state index is 6.07. The van der Waals surface area contributed by atoms with Crippen LogP contribution in [0.15, 0.2) is 24.3 Å². The van der Waals surface area contributed by atoms with Gasteiger partial charge in [0.15, 0.2) is 0 Å². The van der Waals surface area contributed by atoms with Gasteiger partial charge in [-0.3, -0.25) is 0 Å². The first-order valence-corrected chi connectivity index (χ1v) is 8.20.